The Labute approximate surface area is 220 Å². The number of amides is 2. The van der Waals surface area contributed by atoms with Gasteiger partial charge in [-0.05, 0) is 81.8 Å². The molecular formula is C29H41N7O. The van der Waals surface area contributed by atoms with Gasteiger partial charge < -0.3 is 4.90 Å². The second-order valence-electron chi connectivity index (χ2n) is 12.4. The molecule has 1 aromatic carbocycles. The molecule has 5 aliphatic rings. The van der Waals surface area contributed by atoms with Crippen LogP contribution >= 0.6 is 0 Å². The van der Waals surface area contributed by atoms with Crippen molar-refractivity contribution in [3.05, 3.63) is 36.2 Å². The SMILES string of the molecule is O=C(N(c1ccccc1)C1C[C@H]2CCC[C@@H](C1)N2C1C[C@H]2CCC[C@@H](C1)C2)N1CCC[C@H]1c1nn[nH]n1. The molecule has 198 valence electrons. The summed E-state index contributed by atoms with van der Waals surface area (Å²) < 4.78 is 0. The third-order valence-corrected chi connectivity index (χ3v) is 10.3. The lowest BCUT2D eigenvalue weighted by atomic mass is 9.68. The minimum Gasteiger partial charge on any atom is -0.314 e. The van der Waals surface area contributed by atoms with Crippen molar-refractivity contribution in [3.8, 4) is 0 Å². The maximum Gasteiger partial charge on any atom is 0.325 e. The number of carbonyl (C=O) groups is 1. The number of anilines is 1. The van der Waals surface area contributed by atoms with Gasteiger partial charge in [-0.2, -0.15) is 5.21 Å². The number of hydrogen-bond donors (Lipinski definition) is 1. The molecule has 2 unspecified atom stereocenters. The summed E-state index contributed by atoms with van der Waals surface area (Å²) in [6, 6.07) is 12.6. The quantitative estimate of drug-likeness (QED) is 0.611. The molecule has 2 amide bonds. The molecule has 1 aromatic heterocycles. The van der Waals surface area contributed by atoms with Gasteiger partial charge in [-0.3, -0.25) is 9.80 Å². The van der Waals surface area contributed by atoms with Crippen LogP contribution in [0.2, 0.25) is 0 Å². The van der Waals surface area contributed by atoms with Crippen LogP contribution < -0.4 is 4.90 Å². The third-order valence-electron chi connectivity index (χ3n) is 10.3. The van der Waals surface area contributed by atoms with Gasteiger partial charge in [0.05, 0.1) is 6.04 Å². The van der Waals surface area contributed by atoms with Gasteiger partial charge in [0, 0.05) is 36.4 Å². The summed E-state index contributed by atoms with van der Waals surface area (Å²) in [6.45, 7) is 0.748. The Morgan fingerprint density at radius 3 is 2.27 bits per heavy atom. The Hall–Kier alpha value is -2.48. The number of piperidine rings is 2. The number of nitrogens with one attached hydrogen (secondary N) is 1. The number of rotatable bonds is 4. The van der Waals surface area contributed by atoms with E-state index in [1.54, 1.807) is 0 Å². The van der Waals surface area contributed by atoms with Crippen molar-refractivity contribution in [3.63, 3.8) is 0 Å². The number of H-pyrrole nitrogens is 1. The van der Waals surface area contributed by atoms with E-state index in [1.165, 1.54) is 57.8 Å². The van der Waals surface area contributed by atoms with Crippen LogP contribution in [0.4, 0.5) is 10.5 Å². The molecule has 3 saturated heterocycles. The van der Waals surface area contributed by atoms with E-state index in [2.05, 4.69) is 54.7 Å². The summed E-state index contributed by atoms with van der Waals surface area (Å²) >= 11 is 0. The van der Waals surface area contributed by atoms with Crippen molar-refractivity contribution in [1.29, 1.82) is 0 Å². The summed E-state index contributed by atoms with van der Waals surface area (Å²) in [7, 11) is 0. The van der Waals surface area contributed by atoms with Crippen LogP contribution in [0.3, 0.4) is 0 Å². The fraction of sp³-hybridized carbons (Fsp3) is 0.724. The number of likely N-dealkylation sites (tertiary alicyclic amines) is 1. The lowest BCUT2D eigenvalue weighted by Crippen LogP contribution is -2.62. The predicted octanol–water partition coefficient (Wildman–Crippen LogP) is 5.32. The second-order valence-corrected chi connectivity index (χ2v) is 12.4. The van der Waals surface area contributed by atoms with E-state index in [4.69, 9.17) is 0 Å². The van der Waals surface area contributed by atoms with Crippen LogP contribution in [0.15, 0.2) is 30.3 Å². The number of benzene rings is 1. The Morgan fingerprint density at radius 1 is 0.838 bits per heavy atom. The molecule has 7 atom stereocenters. The number of tetrazole rings is 1. The van der Waals surface area contributed by atoms with Crippen LogP contribution in [-0.4, -0.2) is 67.2 Å². The lowest BCUT2D eigenvalue weighted by Gasteiger charge is -2.56. The summed E-state index contributed by atoms with van der Waals surface area (Å²) in [5.74, 6) is 2.54. The van der Waals surface area contributed by atoms with Crippen LogP contribution in [0.25, 0.3) is 0 Å². The average Bonchev–Trinajstić information content (AvgIpc) is 3.61. The van der Waals surface area contributed by atoms with Gasteiger partial charge in [0.15, 0.2) is 5.82 Å². The zero-order valence-electron chi connectivity index (χ0n) is 21.9. The van der Waals surface area contributed by atoms with E-state index in [9.17, 15) is 4.79 Å². The number of urea groups is 1. The zero-order chi connectivity index (χ0) is 24.8. The molecule has 0 spiro atoms. The molecule has 2 aliphatic carbocycles. The van der Waals surface area contributed by atoms with E-state index < -0.39 is 0 Å². The highest BCUT2D eigenvalue weighted by Crippen LogP contribution is 2.47. The fourth-order valence-corrected chi connectivity index (χ4v) is 8.91. The van der Waals surface area contributed by atoms with E-state index in [1.807, 2.05) is 11.0 Å². The molecule has 3 aliphatic heterocycles. The van der Waals surface area contributed by atoms with Crippen molar-refractivity contribution in [2.24, 2.45) is 11.8 Å². The Kier molecular flexibility index (Phi) is 6.39. The number of aromatic amines is 1. The molecule has 2 aromatic rings. The van der Waals surface area contributed by atoms with Crippen molar-refractivity contribution in [2.75, 3.05) is 11.4 Å². The zero-order valence-corrected chi connectivity index (χ0v) is 21.9. The average molecular weight is 504 g/mol. The van der Waals surface area contributed by atoms with E-state index in [0.29, 0.717) is 17.9 Å². The van der Waals surface area contributed by atoms with Crippen molar-refractivity contribution < 1.29 is 4.79 Å². The van der Waals surface area contributed by atoms with Gasteiger partial charge in [0.1, 0.15) is 0 Å². The number of carbonyl (C=O) groups excluding carboxylic acids is 1. The largest absolute Gasteiger partial charge is 0.325 e. The molecule has 0 radical (unpaired) electrons. The Morgan fingerprint density at radius 2 is 1.57 bits per heavy atom. The summed E-state index contributed by atoms with van der Waals surface area (Å²) in [5, 5.41) is 14.8. The molecule has 37 heavy (non-hydrogen) atoms. The molecule has 5 fully saturated rings. The molecule has 4 bridgehead atoms. The number of hydrogen-bond acceptors (Lipinski definition) is 5. The highest BCUT2D eigenvalue weighted by Gasteiger charge is 2.47. The van der Waals surface area contributed by atoms with Gasteiger partial charge in [0.2, 0.25) is 0 Å². The maximum absolute atomic E-state index is 14.3. The summed E-state index contributed by atoms with van der Waals surface area (Å²) in [4.78, 5) is 21.5. The minimum atomic E-state index is -0.0984. The molecule has 4 heterocycles. The van der Waals surface area contributed by atoms with Crippen molar-refractivity contribution in [2.45, 2.75) is 114 Å². The number of nitrogens with zero attached hydrogens (tertiary/aromatic N) is 6. The normalized spacial score (nSPS) is 35.9. The third kappa shape index (κ3) is 4.45. The number of fused-ring (bicyclic) bond motifs is 4. The fourth-order valence-electron chi connectivity index (χ4n) is 8.91. The first-order valence-electron chi connectivity index (χ1n) is 14.9. The maximum atomic E-state index is 14.3. The van der Waals surface area contributed by atoms with Gasteiger partial charge >= 0.3 is 6.03 Å². The minimum absolute atomic E-state index is 0.0984. The summed E-state index contributed by atoms with van der Waals surface area (Å²) in [6.07, 6.45) is 16.6. The highest BCUT2D eigenvalue weighted by molar-refractivity contribution is 5.93. The van der Waals surface area contributed by atoms with E-state index in [-0.39, 0.29) is 18.1 Å². The Balaban J connectivity index is 1.15. The Bertz CT molecular complexity index is 1040. The summed E-state index contributed by atoms with van der Waals surface area (Å²) in [5.41, 5.74) is 1.02. The molecule has 1 N–H and O–H groups in total. The standard InChI is InChI=1S/C29H41N7O/c37-29(34-14-6-13-27(34)28-30-32-33-31-28)36(22-9-2-1-3-10-22)26-18-23-11-5-12-24(19-26)35(23)25-16-20-7-4-8-21(15-20)17-25/h1-3,9-10,20-21,23-27H,4-8,11-19H2,(H,30,31,32,33)/t20-,21+,23-,24+,25?,26?,27-/m0/s1. The first-order chi connectivity index (χ1) is 18.2. The topological polar surface area (TPSA) is 81.3 Å². The molecule has 2 saturated carbocycles. The monoisotopic (exact) mass is 503 g/mol. The van der Waals surface area contributed by atoms with Gasteiger partial charge in [0.25, 0.3) is 0 Å². The molecule has 8 nitrogen and oxygen atoms in total. The van der Waals surface area contributed by atoms with Crippen LogP contribution in [0, 0.1) is 11.8 Å². The predicted molar refractivity (Wildman–Crippen MR) is 142 cm³/mol. The highest BCUT2D eigenvalue weighted by atomic mass is 16.2. The molecular weight excluding hydrogens is 462 g/mol. The first-order valence-corrected chi connectivity index (χ1v) is 14.9. The smallest absolute Gasteiger partial charge is 0.314 e. The van der Waals surface area contributed by atoms with E-state index in [0.717, 1.165) is 55.8 Å². The van der Waals surface area contributed by atoms with E-state index >= 15 is 0 Å². The van der Waals surface area contributed by atoms with Crippen LogP contribution in [-0.2, 0) is 0 Å². The van der Waals surface area contributed by atoms with Gasteiger partial charge in [-0.1, -0.05) is 49.1 Å². The second kappa shape index (κ2) is 10.0. The van der Waals surface area contributed by atoms with Gasteiger partial charge in [-0.25, -0.2) is 4.79 Å². The van der Waals surface area contributed by atoms with Crippen molar-refractivity contribution in [1.82, 2.24) is 30.4 Å². The number of aromatic nitrogens is 4. The lowest BCUT2D eigenvalue weighted by molar-refractivity contribution is -0.0405. The van der Waals surface area contributed by atoms with Crippen LogP contribution in [0.5, 0.6) is 0 Å². The van der Waals surface area contributed by atoms with Crippen LogP contribution in [0.1, 0.15) is 95.3 Å². The molecule has 8 heteroatoms. The number of para-hydroxylation sites is 1. The first kappa shape index (κ1) is 23.6. The van der Waals surface area contributed by atoms with Crippen molar-refractivity contribution >= 4 is 11.7 Å². The molecule has 7 rings (SSSR count). The van der Waals surface area contributed by atoms with Gasteiger partial charge in [-0.15, -0.1) is 10.2 Å².